The van der Waals surface area contributed by atoms with Gasteiger partial charge in [-0.05, 0) is 26.3 Å². The molecule has 2 nitrogen and oxygen atoms in total. The third-order valence-corrected chi connectivity index (χ3v) is 2.39. The van der Waals surface area contributed by atoms with Gasteiger partial charge in [0.25, 0.3) is 0 Å². The lowest BCUT2D eigenvalue weighted by molar-refractivity contribution is -0.158. The molecule has 5 heteroatoms. The van der Waals surface area contributed by atoms with Gasteiger partial charge in [-0.15, -0.1) is 0 Å². The zero-order valence-corrected chi connectivity index (χ0v) is 8.28. The Bertz CT molecular complexity index is 175. The van der Waals surface area contributed by atoms with Crippen LogP contribution in [0, 0.1) is 0 Å². The van der Waals surface area contributed by atoms with Crippen LogP contribution in [0.1, 0.15) is 26.2 Å². The highest BCUT2D eigenvalue weighted by atomic mass is 19.4. The van der Waals surface area contributed by atoms with Gasteiger partial charge in [-0.25, -0.2) is 0 Å². The summed E-state index contributed by atoms with van der Waals surface area (Å²) < 4.78 is 40.8. The van der Waals surface area contributed by atoms with Gasteiger partial charge in [0, 0.05) is 6.54 Å². The second kappa shape index (κ2) is 4.49. The third kappa shape index (κ3) is 4.28. The van der Waals surface area contributed by atoms with Crippen molar-refractivity contribution in [2.24, 2.45) is 0 Å². The summed E-state index contributed by atoms with van der Waals surface area (Å²) in [4.78, 5) is 0. The lowest BCUT2D eigenvalue weighted by Crippen LogP contribution is -2.45. The molecule has 0 radical (unpaired) electrons. The first-order valence-electron chi connectivity index (χ1n) is 4.83. The maximum absolute atomic E-state index is 11.8. The van der Waals surface area contributed by atoms with E-state index in [4.69, 9.17) is 4.74 Å². The molecule has 0 amide bonds. The SMILES string of the molecule is CC1(OCCC(F)(F)F)CCCNC1. The fourth-order valence-electron chi connectivity index (χ4n) is 1.56. The minimum atomic E-state index is -4.11. The molecule has 0 aromatic rings. The summed E-state index contributed by atoms with van der Waals surface area (Å²) in [5.41, 5.74) is -0.413. The van der Waals surface area contributed by atoms with Crippen LogP contribution in [0.3, 0.4) is 0 Å². The second-order valence-corrected chi connectivity index (χ2v) is 3.94. The second-order valence-electron chi connectivity index (χ2n) is 3.94. The molecule has 0 spiro atoms. The Hall–Kier alpha value is -0.290. The zero-order chi connectivity index (χ0) is 10.7. The predicted octanol–water partition coefficient (Wildman–Crippen LogP) is 2.10. The fraction of sp³-hybridized carbons (Fsp3) is 1.00. The summed E-state index contributed by atoms with van der Waals surface area (Å²) in [5, 5.41) is 3.12. The zero-order valence-electron chi connectivity index (χ0n) is 8.28. The number of hydrogen-bond donors (Lipinski definition) is 1. The monoisotopic (exact) mass is 211 g/mol. The average Bonchev–Trinajstić information content (AvgIpc) is 2.02. The Labute approximate surface area is 81.8 Å². The van der Waals surface area contributed by atoms with Gasteiger partial charge < -0.3 is 10.1 Å². The average molecular weight is 211 g/mol. The van der Waals surface area contributed by atoms with Crippen LogP contribution in [-0.4, -0.2) is 31.5 Å². The highest BCUT2D eigenvalue weighted by Gasteiger charge is 2.31. The Morgan fingerprint density at radius 3 is 2.64 bits per heavy atom. The third-order valence-electron chi connectivity index (χ3n) is 2.39. The summed E-state index contributed by atoms with van der Waals surface area (Å²) in [5.74, 6) is 0. The normalized spacial score (nSPS) is 29.1. The van der Waals surface area contributed by atoms with Crippen molar-refractivity contribution in [1.29, 1.82) is 0 Å². The molecule has 1 rings (SSSR count). The van der Waals surface area contributed by atoms with E-state index in [2.05, 4.69) is 5.32 Å². The highest BCUT2D eigenvalue weighted by molar-refractivity contribution is 4.82. The lowest BCUT2D eigenvalue weighted by atomic mass is 9.96. The number of ether oxygens (including phenoxy) is 1. The maximum atomic E-state index is 11.8. The van der Waals surface area contributed by atoms with Crippen molar-refractivity contribution in [3.05, 3.63) is 0 Å². The molecule has 0 aromatic heterocycles. The van der Waals surface area contributed by atoms with Crippen molar-refractivity contribution >= 4 is 0 Å². The van der Waals surface area contributed by atoms with E-state index in [1.165, 1.54) is 0 Å². The van der Waals surface area contributed by atoms with Gasteiger partial charge in [0.1, 0.15) is 0 Å². The summed E-state index contributed by atoms with van der Waals surface area (Å²) >= 11 is 0. The number of piperidine rings is 1. The van der Waals surface area contributed by atoms with Crippen molar-refractivity contribution in [3.63, 3.8) is 0 Å². The maximum Gasteiger partial charge on any atom is 0.391 e. The predicted molar refractivity (Wildman–Crippen MR) is 47.1 cm³/mol. The van der Waals surface area contributed by atoms with Gasteiger partial charge in [0.15, 0.2) is 0 Å². The Morgan fingerprint density at radius 1 is 1.43 bits per heavy atom. The quantitative estimate of drug-likeness (QED) is 0.771. The molecule has 1 unspecified atom stereocenters. The van der Waals surface area contributed by atoms with Crippen molar-refractivity contribution in [2.75, 3.05) is 19.7 Å². The molecule has 0 aliphatic carbocycles. The molecular weight excluding hydrogens is 195 g/mol. The van der Waals surface area contributed by atoms with Gasteiger partial charge in [0.2, 0.25) is 0 Å². The molecule has 14 heavy (non-hydrogen) atoms. The van der Waals surface area contributed by atoms with Crippen LogP contribution in [0.4, 0.5) is 13.2 Å². The van der Waals surface area contributed by atoms with E-state index in [0.717, 1.165) is 19.4 Å². The molecule has 0 bridgehead atoms. The van der Waals surface area contributed by atoms with Crippen LogP contribution in [0.5, 0.6) is 0 Å². The Kier molecular flexibility index (Phi) is 3.78. The van der Waals surface area contributed by atoms with Gasteiger partial charge in [-0.3, -0.25) is 0 Å². The number of rotatable bonds is 3. The molecule has 1 aliphatic heterocycles. The first-order valence-corrected chi connectivity index (χ1v) is 4.83. The van der Waals surface area contributed by atoms with Crippen LogP contribution in [0.2, 0.25) is 0 Å². The first kappa shape index (κ1) is 11.8. The van der Waals surface area contributed by atoms with E-state index in [0.29, 0.717) is 6.54 Å². The standard InChI is InChI=1S/C9H16F3NO/c1-8(3-2-5-13-7-8)14-6-4-9(10,11)12/h13H,2-7H2,1H3. The minimum Gasteiger partial charge on any atom is -0.374 e. The van der Waals surface area contributed by atoms with E-state index in [1.54, 1.807) is 0 Å². The molecule has 84 valence electrons. The van der Waals surface area contributed by atoms with Gasteiger partial charge in [-0.1, -0.05) is 0 Å². The van der Waals surface area contributed by atoms with E-state index < -0.39 is 18.2 Å². The summed E-state index contributed by atoms with van der Waals surface area (Å²) in [6.07, 6.45) is -3.18. The topological polar surface area (TPSA) is 21.3 Å². The highest BCUT2D eigenvalue weighted by Crippen LogP contribution is 2.24. The van der Waals surface area contributed by atoms with E-state index >= 15 is 0 Å². The fourth-order valence-corrected chi connectivity index (χ4v) is 1.56. The lowest BCUT2D eigenvalue weighted by Gasteiger charge is -2.34. The summed E-state index contributed by atoms with van der Waals surface area (Å²) in [6, 6.07) is 0. The van der Waals surface area contributed by atoms with E-state index in [-0.39, 0.29) is 6.61 Å². The summed E-state index contributed by atoms with van der Waals surface area (Å²) in [7, 11) is 0. The van der Waals surface area contributed by atoms with Crippen LogP contribution in [0.25, 0.3) is 0 Å². The minimum absolute atomic E-state index is 0.234. The molecule has 1 N–H and O–H groups in total. The molecule has 1 saturated heterocycles. The van der Waals surface area contributed by atoms with Gasteiger partial charge >= 0.3 is 6.18 Å². The van der Waals surface area contributed by atoms with Crippen LogP contribution in [0.15, 0.2) is 0 Å². The number of hydrogen-bond acceptors (Lipinski definition) is 2. The van der Waals surface area contributed by atoms with Gasteiger partial charge in [-0.2, -0.15) is 13.2 Å². The van der Waals surface area contributed by atoms with Crippen molar-refractivity contribution in [1.82, 2.24) is 5.32 Å². The van der Waals surface area contributed by atoms with E-state index in [9.17, 15) is 13.2 Å². The van der Waals surface area contributed by atoms with Crippen LogP contribution < -0.4 is 5.32 Å². The van der Waals surface area contributed by atoms with Crippen LogP contribution >= 0.6 is 0 Å². The first-order chi connectivity index (χ1) is 6.41. The van der Waals surface area contributed by atoms with Gasteiger partial charge in [0.05, 0.1) is 18.6 Å². The Balaban J connectivity index is 2.22. The number of alkyl halides is 3. The number of nitrogens with one attached hydrogen (secondary N) is 1. The molecule has 1 aliphatic rings. The largest absolute Gasteiger partial charge is 0.391 e. The van der Waals surface area contributed by atoms with E-state index in [1.807, 2.05) is 6.92 Å². The molecular formula is C9H16F3NO. The number of halogens is 3. The van der Waals surface area contributed by atoms with Crippen molar-refractivity contribution in [3.8, 4) is 0 Å². The van der Waals surface area contributed by atoms with Crippen molar-refractivity contribution in [2.45, 2.75) is 38.0 Å². The Morgan fingerprint density at radius 2 is 2.14 bits per heavy atom. The molecule has 1 heterocycles. The molecule has 1 fully saturated rings. The molecule has 0 saturated carbocycles. The molecule has 1 atom stereocenters. The molecule has 0 aromatic carbocycles. The van der Waals surface area contributed by atoms with Crippen LogP contribution in [-0.2, 0) is 4.74 Å². The van der Waals surface area contributed by atoms with Crippen molar-refractivity contribution < 1.29 is 17.9 Å². The smallest absolute Gasteiger partial charge is 0.374 e. The summed E-state index contributed by atoms with van der Waals surface area (Å²) in [6.45, 7) is 3.19.